The van der Waals surface area contributed by atoms with Crippen LogP contribution in [0.4, 0.5) is 0 Å². The molecule has 0 saturated heterocycles. The first-order valence-corrected chi connectivity index (χ1v) is 7.24. The molecule has 3 atom stereocenters. The summed E-state index contributed by atoms with van der Waals surface area (Å²) in [5.41, 5.74) is 2.76. The Morgan fingerprint density at radius 3 is 2.53 bits per heavy atom. The quantitative estimate of drug-likeness (QED) is 0.712. The van der Waals surface area contributed by atoms with Crippen LogP contribution in [0.15, 0.2) is 54.6 Å². The van der Waals surface area contributed by atoms with E-state index in [0.29, 0.717) is 11.8 Å². The maximum absolute atomic E-state index is 6.33. The predicted molar refractivity (Wildman–Crippen MR) is 76.3 cm³/mol. The molecule has 0 radical (unpaired) electrons. The van der Waals surface area contributed by atoms with Gasteiger partial charge in [0, 0.05) is 5.92 Å². The Morgan fingerprint density at radius 2 is 1.63 bits per heavy atom. The van der Waals surface area contributed by atoms with Gasteiger partial charge in [0.1, 0.15) is 11.9 Å². The monoisotopic (exact) mass is 250 g/mol. The fourth-order valence-electron chi connectivity index (χ4n) is 3.81. The zero-order valence-electron chi connectivity index (χ0n) is 11.0. The predicted octanol–water partition coefficient (Wildman–Crippen LogP) is 4.70. The van der Waals surface area contributed by atoms with Gasteiger partial charge in [-0.15, -0.1) is 0 Å². The highest BCUT2D eigenvalue weighted by atomic mass is 16.5. The number of benzene rings is 2. The molecule has 1 heteroatoms. The second kappa shape index (κ2) is 4.41. The average Bonchev–Trinajstić information content (AvgIpc) is 2.97. The van der Waals surface area contributed by atoms with Gasteiger partial charge in [0.25, 0.3) is 0 Å². The van der Waals surface area contributed by atoms with E-state index in [2.05, 4.69) is 54.6 Å². The zero-order valence-corrected chi connectivity index (χ0v) is 11.0. The first kappa shape index (κ1) is 11.1. The highest BCUT2D eigenvalue weighted by Crippen LogP contribution is 2.53. The fourth-order valence-corrected chi connectivity index (χ4v) is 3.81. The van der Waals surface area contributed by atoms with Crippen molar-refractivity contribution in [2.24, 2.45) is 5.92 Å². The third kappa shape index (κ3) is 1.76. The van der Waals surface area contributed by atoms with Crippen LogP contribution in [0.5, 0.6) is 5.75 Å². The van der Waals surface area contributed by atoms with Gasteiger partial charge in [-0.2, -0.15) is 0 Å². The van der Waals surface area contributed by atoms with Crippen molar-refractivity contribution in [3.05, 3.63) is 65.7 Å². The Bertz CT molecular complexity index is 575. The fraction of sp³-hybridized carbons (Fsp3) is 0.333. The lowest BCUT2D eigenvalue weighted by molar-refractivity contribution is 0.104. The molecule has 96 valence electrons. The van der Waals surface area contributed by atoms with Crippen LogP contribution in [0.2, 0.25) is 0 Å². The third-order valence-electron chi connectivity index (χ3n) is 4.66. The second-order valence-corrected chi connectivity index (χ2v) is 5.69. The van der Waals surface area contributed by atoms with Gasteiger partial charge in [-0.25, -0.2) is 0 Å². The van der Waals surface area contributed by atoms with E-state index < -0.39 is 0 Å². The minimum atomic E-state index is 0.239. The van der Waals surface area contributed by atoms with Gasteiger partial charge >= 0.3 is 0 Å². The summed E-state index contributed by atoms with van der Waals surface area (Å²) in [5, 5.41) is 0. The summed E-state index contributed by atoms with van der Waals surface area (Å²) in [7, 11) is 0. The van der Waals surface area contributed by atoms with Crippen molar-refractivity contribution in [2.75, 3.05) is 0 Å². The molecule has 19 heavy (non-hydrogen) atoms. The second-order valence-electron chi connectivity index (χ2n) is 5.69. The molecular formula is C18H18O. The van der Waals surface area contributed by atoms with Crippen LogP contribution in [0, 0.1) is 5.92 Å². The molecule has 0 N–H and O–H groups in total. The lowest BCUT2D eigenvalue weighted by Crippen LogP contribution is -2.26. The Kier molecular flexibility index (Phi) is 2.58. The molecule has 0 unspecified atom stereocenters. The molecule has 4 rings (SSSR count). The highest BCUT2D eigenvalue weighted by Gasteiger charge is 2.41. The molecule has 1 fully saturated rings. The van der Waals surface area contributed by atoms with E-state index in [-0.39, 0.29) is 6.10 Å². The van der Waals surface area contributed by atoms with Gasteiger partial charge in [-0.1, -0.05) is 55.0 Å². The van der Waals surface area contributed by atoms with Crippen LogP contribution in [0.3, 0.4) is 0 Å². The van der Waals surface area contributed by atoms with Crippen LogP contribution in [-0.2, 0) is 0 Å². The molecule has 0 bridgehead atoms. The molecule has 2 aromatic rings. The van der Waals surface area contributed by atoms with Crippen LogP contribution < -0.4 is 4.74 Å². The normalized spacial score (nSPS) is 28.3. The lowest BCUT2D eigenvalue weighted by atomic mass is 9.80. The van der Waals surface area contributed by atoms with Crippen LogP contribution in [-0.4, -0.2) is 0 Å². The summed E-state index contributed by atoms with van der Waals surface area (Å²) in [6, 6.07) is 19.3. The van der Waals surface area contributed by atoms with E-state index in [1.54, 1.807) is 0 Å². The Morgan fingerprint density at radius 1 is 0.842 bits per heavy atom. The van der Waals surface area contributed by atoms with Crippen LogP contribution in [0.1, 0.15) is 42.4 Å². The Balaban J connectivity index is 1.79. The minimum Gasteiger partial charge on any atom is -0.485 e. The number of rotatable bonds is 1. The highest BCUT2D eigenvalue weighted by molar-refractivity contribution is 5.41. The summed E-state index contributed by atoms with van der Waals surface area (Å²) < 4.78 is 6.33. The molecule has 1 aliphatic heterocycles. The topological polar surface area (TPSA) is 9.23 Å². The van der Waals surface area contributed by atoms with Gasteiger partial charge in [-0.05, 0) is 36.0 Å². The van der Waals surface area contributed by atoms with Crippen molar-refractivity contribution in [3.8, 4) is 5.75 Å². The third-order valence-corrected chi connectivity index (χ3v) is 4.66. The summed E-state index contributed by atoms with van der Waals surface area (Å²) in [5.74, 6) is 2.44. The van der Waals surface area contributed by atoms with Gasteiger partial charge in [0.2, 0.25) is 0 Å². The van der Waals surface area contributed by atoms with E-state index in [9.17, 15) is 0 Å². The number of hydrogen-bond donors (Lipinski definition) is 0. The zero-order chi connectivity index (χ0) is 12.7. The molecule has 0 spiro atoms. The van der Waals surface area contributed by atoms with Crippen molar-refractivity contribution in [1.29, 1.82) is 0 Å². The summed E-state index contributed by atoms with van der Waals surface area (Å²) >= 11 is 0. The molecule has 1 heterocycles. The molecule has 2 aliphatic rings. The van der Waals surface area contributed by atoms with Gasteiger partial charge < -0.3 is 4.74 Å². The molecule has 1 saturated carbocycles. The van der Waals surface area contributed by atoms with E-state index in [0.717, 1.165) is 5.75 Å². The Labute approximate surface area is 114 Å². The largest absolute Gasteiger partial charge is 0.485 e. The summed E-state index contributed by atoms with van der Waals surface area (Å²) in [4.78, 5) is 0. The molecule has 0 amide bonds. The minimum absolute atomic E-state index is 0.239. The van der Waals surface area contributed by atoms with E-state index in [1.165, 1.54) is 30.4 Å². The number of para-hydroxylation sites is 1. The molecule has 2 aromatic carbocycles. The average molecular weight is 250 g/mol. The smallest absolute Gasteiger partial charge is 0.127 e. The van der Waals surface area contributed by atoms with Gasteiger partial charge in [0.15, 0.2) is 0 Å². The van der Waals surface area contributed by atoms with Crippen molar-refractivity contribution >= 4 is 0 Å². The Hall–Kier alpha value is -1.76. The first-order chi connectivity index (χ1) is 9.43. The number of hydrogen-bond acceptors (Lipinski definition) is 1. The molecule has 1 aliphatic carbocycles. The number of ether oxygens (including phenoxy) is 1. The molecular weight excluding hydrogens is 232 g/mol. The van der Waals surface area contributed by atoms with Crippen molar-refractivity contribution < 1.29 is 4.74 Å². The van der Waals surface area contributed by atoms with Crippen LogP contribution in [0.25, 0.3) is 0 Å². The van der Waals surface area contributed by atoms with E-state index in [4.69, 9.17) is 4.74 Å². The maximum Gasteiger partial charge on any atom is 0.127 e. The SMILES string of the molecule is c1ccc([C@@H]2Oc3ccccc3[C@@H]3CCC[C@H]32)cc1. The lowest BCUT2D eigenvalue weighted by Gasteiger charge is -2.36. The maximum atomic E-state index is 6.33. The van der Waals surface area contributed by atoms with Crippen molar-refractivity contribution in [1.82, 2.24) is 0 Å². The van der Waals surface area contributed by atoms with E-state index in [1.807, 2.05) is 0 Å². The van der Waals surface area contributed by atoms with Crippen molar-refractivity contribution in [2.45, 2.75) is 31.3 Å². The summed E-state index contributed by atoms with van der Waals surface area (Å²) in [6.45, 7) is 0. The first-order valence-electron chi connectivity index (χ1n) is 7.24. The number of fused-ring (bicyclic) bond motifs is 3. The molecule has 1 nitrogen and oxygen atoms in total. The van der Waals surface area contributed by atoms with Gasteiger partial charge in [0.05, 0.1) is 0 Å². The van der Waals surface area contributed by atoms with Crippen LogP contribution >= 0.6 is 0 Å². The van der Waals surface area contributed by atoms with Gasteiger partial charge in [-0.3, -0.25) is 0 Å². The standard InChI is InChI=1S/C18H18O/c1-2-7-13(8-3-1)18-16-11-6-10-14(16)15-9-4-5-12-17(15)19-18/h1-5,7-9,12,14,16,18H,6,10-11H2/t14-,16+,18-/m0/s1. The van der Waals surface area contributed by atoms with E-state index >= 15 is 0 Å². The van der Waals surface area contributed by atoms with Crippen molar-refractivity contribution in [3.63, 3.8) is 0 Å². The molecule has 0 aromatic heterocycles. The summed E-state index contributed by atoms with van der Waals surface area (Å²) in [6.07, 6.45) is 4.17.